The van der Waals surface area contributed by atoms with Gasteiger partial charge in [-0.15, -0.1) is 0 Å². The number of hydrogen-bond acceptors (Lipinski definition) is 3. The van der Waals surface area contributed by atoms with Gasteiger partial charge >= 0.3 is 0 Å². The Morgan fingerprint density at radius 3 is 2.93 bits per heavy atom. The van der Waals surface area contributed by atoms with Gasteiger partial charge in [0, 0.05) is 25.6 Å². The minimum absolute atomic E-state index is 0.211. The van der Waals surface area contributed by atoms with Crippen molar-refractivity contribution < 1.29 is 4.79 Å². The number of amides is 1. The molecule has 2 fully saturated rings. The summed E-state index contributed by atoms with van der Waals surface area (Å²) in [5.74, 6) is 1.01. The standard InChI is InChI=1S/C11H21N3O/c1-14-5-4-9(8-14)6-12-7-10-2-3-11(15)13-10/h9-10,12H,2-8H2,1H3,(H,13,15). The molecule has 2 rings (SSSR count). The van der Waals surface area contributed by atoms with Gasteiger partial charge in [0.25, 0.3) is 0 Å². The number of nitrogens with one attached hydrogen (secondary N) is 2. The predicted octanol–water partition coefficient (Wildman–Crippen LogP) is -0.194. The molecule has 15 heavy (non-hydrogen) atoms. The molecule has 4 nitrogen and oxygen atoms in total. The van der Waals surface area contributed by atoms with E-state index in [1.165, 1.54) is 19.5 Å². The van der Waals surface area contributed by atoms with Gasteiger partial charge in [0.15, 0.2) is 0 Å². The summed E-state index contributed by atoms with van der Waals surface area (Å²) < 4.78 is 0. The molecule has 0 radical (unpaired) electrons. The molecular weight excluding hydrogens is 190 g/mol. The van der Waals surface area contributed by atoms with Crippen molar-refractivity contribution >= 4 is 5.91 Å². The Morgan fingerprint density at radius 1 is 1.47 bits per heavy atom. The second kappa shape index (κ2) is 4.94. The fourth-order valence-corrected chi connectivity index (χ4v) is 2.49. The highest BCUT2D eigenvalue weighted by atomic mass is 16.1. The van der Waals surface area contributed by atoms with Crippen LogP contribution in [0.5, 0.6) is 0 Å². The van der Waals surface area contributed by atoms with Crippen molar-refractivity contribution in [3.05, 3.63) is 0 Å². The molecule has 0 aromatic rings. The first-order valence-electron chi connectivity index (χ1n) is 5.92. The van der Waals surface area contributed by atoms with Crippen molar-refractivity contribution in [3.8, 4) is 0 Å². The van der Waals surface area contributed by atoms with Crippen LogP contribution in [-0.4, -0.2) is 50.1 Å². The van der Waals surface area contributed by atoms with Gasteiger partial charge < -0.3 is 15.5 Å². The van der Waals surface area contributed by atoms with Crippen LogP contribution in [-0.2, 0) is 4.79 Å². The van der Waals surface area contributed by atoms with E-state index >= 15 is 0 Å². The first-order chi connectivity index (χ1) is 7.24. The van der Waals surface area contributed by atoms with Crippen LogP contribution in [0.15, 0.2) is 0 Å². The molecule has 2 N–H and O–H groups in total. The summed E-state index contributed by atoms with van der Waals surface area (Å²) in [6, 6.07) is 0.372. The molecule has 0 aromatic heterocycles. The van der Waals surface area contributed by atoms with Crippen LogP contribution in [0.3, 0.4) is 0 Å². The molecule has 1 amide bonds. The maximum absolute atomic E-state index is 11.0. The van der Waals surface area contributed by atoms with E-state index in [1.54, 1.807) is 0 Å². The number of nitrogens with zero attached hydrogens (tertiary/aromatic N) is 1. The molecule has 0 bridgehead atoms. The van der Waals surface area contributed by atoms with Gasteiger partial charge in [-0.1, -0.05) is 0 Å². The van der Waals surface area contributed by atoms with E-state index in [4.69, 9.17) is 0 Å². The Kier molecular flexibility index (Phi) is 3.59. The molecule has 0 aromatic carbocycles. The van der Waals surface area contributed by atoms with E-state index in [0.29, 0.717) is 12.5 Å². The molecule has 2 unspecified atom stereocenters. The van der Waals surface area contributed by atoms with Crippen molar-refractivity contribution in [2.24, 2.45) is 5.92 Å². The molecule has 86 valence electrons. The summed E-state index contributed by atoms with van der Waals surface area (Å²) in [7, 11) is 2.18. The van der Waals surface area contributed by atoms with Crippen molar-refractivity contribution in [3.63, 3.8) is 0 Å². The summed E-state index contributed by atoms with van der Waals surface area (Å²) in [5.41, 5.74) is 0. The first-order valence-corrected chi connectivity index (χ1v) is 5.92. The topological polar surface area (TPSA) is 44.4 Å². The number of carbonyl (C=O) groups excluding carboxylic acids is 1. The van der Waals surface area contributed by atoms with Gasteiger partial charge in [-0.05, 0) is 38.9 Å². The van der Waals surface area contributed by atoms with Crippen molar-refractivity contribution in [2.45, 2.75) is 25.3 Å². The number of rotatable bonds is 4. The summed E-state index contributed by atoms with van der Waals surface area (Å²) in [6.07, 6.45) is 3.01. The number of hydrogen-bond donors (Lipinski definition) is 2. The Labute approximate surface area is 91.4 Å². The van der Waals surface area contributed by atoms with Crippen LogP contribution in [0.4, 0.5) is 0 Å². The van der Waals surface area contributed by atoms with E-state index in [0.717, 1.165) is 25.4 Å². The molecule has 2 aliphatic rings. The number of likely N-dealkylation sites (tertiary alicyclic amines) is 1. The zero-order valence-electron chi connectivity index (χ0n) is 9.46. The van der Waals surface area contributed by atoms with Crippen LogP contribution in [0.1, 0.15) is 19.3 Å². The van der Waals surface area contributed by atoms with Gasteiger partial charge in [0.1, 0.15) is 0 Å². The van der Waals surface area contributed by atoms with Crippen molar-refractivity contribution in [1.82, 2.24) is 15.5 Å². The second-order valence-corrected chi connectivity index (χ2v) is 4.88. The molecule has 0 saturated carbocycles. The Morgan fingerprint density at radius 2 is 2.33 bits per heavy atom. The van der Waals surface area contributed by atoms with Crippen LogP contribution in [0, 0.1) is 5.92 Å². The average Bonchev–Trinajstić information content (AvgIpc) is 2.76. The van der Waals surface area contributed by atoms with Crippen molar-refractivity contribution in [1.29, 1.82) is 0 Å². The Bertz CT molecular complexity index is 232. The van der Waals surface area contributed by atoms with Crippen LogP contribution in [0.25, 0.3) is 0 Å². The minimum atomic E-state index is 0.211. The Balaban J connectivity index is 1.57. The molecule has 2 atom stereocenters. The summed E-state index contributed by atoms with van der Waals surface area (Å²) in [6.45, 7) is 4.47. The predicted molar refractivity (Wildman–Crippen MR) is 59.6 cm³/mol. The fourth-order valence-electron chi connectivity index (χ4n) is 2.49. The zero-order chi connectivity index (χ0) is 10.7. The molecular formula is C11H21N3O. The lowest BCUT2D eigenvalue weighted by atomic mass is 10.1. The summed E-state index contributed by atoms with van der Waals surface area (Å²) in [4.78, 5) is 13.3. The maximum atomic E-state index is 11.0. The highest BCUT2D eigenvalue weighted by Gasteiger charge is 2.22. The van der Waals surface area contributed by atoms with Gasteiger partial charge in [0.2, 0.25) is 5.91 Å². The smallest absolute Gasteiger partial charge is 0.220 e. The van der Waals surface area contributed by atoms with Crippen LogP contribution >= 0.6 is 0 Å². The normalized spacial score (nSPS) is 32.2. The van der Waals surface area contributed by atoms with E-state index in [1.807, 2.05) is 0 Å². The molecule has 4 heteroatoms. The van der Waals surface area contributed by atoms with Crippen molar-refractivity contribution in [2.75, 3.05) is 33.2 Å². The third-order valence-electron chi connectivity index (χ3n) is 3.40. The molecule has 2 saturated heterocycles. The third-order valence-corrected chi connectivity index (χ3v) is 3.40. The largest absolute Gasteiger partial charge is 0.352 e. The monoisotopic (exact) mass is 211 g/mol. The first kappa shape index (κ1) is 10.9. The second-order valence-electron chi connectivity index (χ2n) is 4.88. The molecule has 2 heterocycles. The molecule has 0 spiro atoms. The zero-order valence-corrected chi connectivity index (χ0v) is 9.46. The summed E-state index contributed by atoms with van der Waals surface area (Å²) in [5, 5.41) is 6.45. The van der Waals surface area contributed by atoms with E-state index < -0.39 is 0 Å². The lowest BCUT2D eigenvalue weighted by Gasteiger charge is -2.14. The SMILES string of the molecule is CN1CCC(CNCC2CCC(=O)N2)C1. The fraction of sp³-hybridized carbons (Fsp3) is 0.909. The highest BCUT2D eigenvalue weighted by molar-refractivity contribution is 5.78. The lowest BCUT2D eigenvalue weighted by Crippen LogP contribution is -2.37. The van der Waals surface area contributed by atoms with Gasteiger partial charge in [-0.3, -0.25) is 4.79 Å². The number of carbonyl (C=O) groups is 1. The molecule has 0 aliphatic carbocycles. The van der Waals surface area contributed by atoms with E-state index in [9.17, 15) is 4.79 Å². The third kappa shape index (κ3) is 3.18. The minimum Gasteiger partial charge on any atom is -0.352 e. The van der Waals surface area contributed by atoms with Gasteiger partial charge in [-0.25, -0.2) is 0 Å². The highest BCUT2D eigenvalue weighted by Crippen LogP contribution is 2.13. The van der Waals surface area contributed by atoms with Gasteiger partial charge in [-0.2, -0.15) is 0 Å². The van der Waals surface area contributed by atoms with Crippen LogP contribution < -0.4 is 10.6 Å². The van der Waals surface area contributed by atoms with E-state index in [-0.39, 0.29) is 5.91 Å². The van der Waals surface area contributed by atoms with Gasteiger partial charge in [0.05, 0.1) is 0 Å². The van der Waals surface area contributed by atoms with Crippen LogP contribution in [0.2, 0.25) is 0 Å². The summed E-state index contributed by atoms with van der Waals surface area (Å²) >= 11 is 0. The Hall–Kier alpha value is -0.610. The maximum Gasteiger partial charge on any atom is 0.220 e. The molecule has 2 aliphatic heterocycles. The van der Waals surface area contributed by atoms with E-state index in [2.05, 4.69) is 22.6 Å². The lowest BCUT2D eigenvalue weighted by molar-refractivity contribution is -0.119. The quantitative estimate of drug-likeness (QED) is 0.677. The average molecular weight is 211 g/mol.